The molecule has 0 radical (unpaired) electrons. The van der Waals surface area contributed by atoms with Gasteiger partial charge < -0.3 is 0 Å². The number of hydrogen-bond donors (Lipinski definition) is 0. The number of hydrogen-bond acceptors (Lipinski definition) is 1. The fourth-order valence-electron chi connectivity index (χ4n) is 3.64. The molecule has 0 atom stereocenters. The lowest BCUT2D eigenvalue weighted by atomic mass is 9.94. The minimum absolute atomic E-state index is 1.06. The second-order valence-electron chi connectivity index (χ2n) is 6.63. The van der Waals surface area contributed by atoms with Crippen molar-refractivity contribution in [2.75, 3.05) is 0 Å². The Kier molecular flexibility index (Phi) is 3.99. The highest BCUT2D eigenvalue weighted by atomic mass is 79.9. The Labute approximate surface area is 166 Å². The Bertz CT molecular complexity index is 1260. The number of pyridine rings is 1. The van der Waals surface area contributed by atoms with Crippen LogP contribution in [0.25, 0.3) is 43.9 Å². The van der Waals surface area contributed by atoms with E-state index in [4.69, 9.17) is 0 Å². The molecule has 1 nitrogen and oxygen atoms in total. The number of aromatic nitrogens is 1. The van der Waals surface area contributed by atoms with Crippen molar-refractivity contribution in [2.24, 2.45) is 0 Å². The van der Waals surface area contributed by atoms with Gasteiger partial charge in [0.15, 0.2) is 0 Å². The van der Waals surface area contributed by atoms with Crippen LogP contribution < -0.4 is 0 Å². The quantitative estimate of drug-likeness (QED) is 0.275. The first-order valence-corrected chi connectivity index (χ1v) is 9.72. The lowest BCUT2D eigenvalue weighted by Crippen LogP contribution is -1.87. The third kappa shape index (κ3) is 2.92. The van der Waals surface area contributed by atoms with E-state index in [9.17, 15) is 0 Å². The van der Waals surface area contributed by atoms with Gasteiger partial charge in [0, 0.05) is 21.4 Å². The molecule has 0 N–H and O–H groups in total. The van der Waals surface area contributed by atoms with E-state index in [1.165, 1.54) is 38.4 Å². The summed E-state index contributed by atoms with van der Waals surface area (Å²) in [4.78, 5) is 4.60. The number of rotatable bonds is 2. The molecule has 0 saturated carbocycles. The van der Waals surface area contributed by atoms with Gasteiger partial charge in [0.25, 0.3) is 0 Å². The molecule has 0 saturated heterocycles. The summed E-state index contributed by atoms with van der Waals surface area (Å²) in [5.74, 6) is 0. The van der Waals surface area contributed by atoms with Crippen molar-refractivity contribution in [3.8, 4) is 22.3 Å². The van der Waals surface area contributed by atoms with E-state index < -0.39 is 0 Å². The molecule has 0 aliphatic rings. The van der Waals surface area contributed by atoms with Crippen LogP contribution in [0.5, 0.6) is 0 Å². The molecule has 5 rings (SSSR count). The minimum atomic E-state index is 1.06. The van der Waals surface area contributed by atoms with E-state index in [0.717, 1.165) is 9.99 Å². The Morgan fingerprint density at radius 3 is 1.96 bits per heavy atom. The van der Waals surface area contributed by atoms with Gasteiger partial charge in [0.05, 0.1) is 5.52 Å². The Morgan fingerprint density at radius 2 is 1.22 bits per heavy atom. The lowest BCUT2D eigenvalue weighted by Gasteiger charge is -2.11. The molecule has 0 aliphatic heterocycles. The molecular formula is C25H16BrN. The summed E-state index contributed by atoms with van der Waals surface area (Å²) >= 11 is 3.50. The molecule has 4 aromatic carbocycles. The summed E-state index contributed by atoms with van der Waals surface area (Å²) in [6, 6.07) is 32.1. The predicted molar refractivity (Wildman–Crippen MR) is 118 cm³/mol. The molecule has 1 aromatic heterocycles. The van der Waals surface area contributed by atoms with E-state index >= 15 is 0 Å². The maximum Gasteiger partial charge on any atom is 0.0780 e. The van der Waals surface area contributed by atoms with Gasteiger partial charge in [-0.15, -0.1) is 0 Å². The molecule has 0 unspecified atom stereocenters. The average molecular weight is 410 g/mol. The van der Waals surface area contributed by atoms with Gasteiger partial charge in [-0.2, -0.15) is 0 Å². The Morgan fingerprint density at radius 1 is 0.593 bits per heavy atom. The van der Waals surface area contributed by atoms with Gasteiger partial charge in [-0.05, 0) is 51.9 Å². The SMILES string of the molecule is Brc1ccc(-c2ccc(-c3cc4cccnc4c4ccccc34)cc2)cc1. The Hall–Kier alpha value is -2.97. The van der Waals surface area contributed by atoms with E-state index in [0.29, 0.717) is 0 Å². The van der Waals surface area contributed by atoms with Gasteiger partial charge >= 0.3 is 0 Å². The monoisotopic (exact) mass is 409 g/mol. The first-order chi connectivity index (χ1) is 13.3. The normalized spacial score (nSPS) is 11.1. The van der Waals surface area contributed by atoms with Gasteiger partial charge in [-0.1, -0.05) is 82.7 Å². The molecular weight excluding hydrogens is 394 g/mol. The second kappa shape index (κ2) is 6.64. The molecule has 0 amide bonds. The van der Waals surface area contributed by atoms with Gasteiger partial charge in [0.2, 0.25) is 0 Å². The lowest BCUT2D eigenvalue weighted by molar-refractivity contribution is 1.43. The number of halogens is 1. The van der Waals surface area contributed by atoms with Gasteiger partial charge in [0.1, 0.15) is 0 Å². The van der Waals surface area contributed by atoms with Crippen LogP contribution in [0, 0.1) is 0 Å². The van der Waals surface area contributed by atoms with Crippen molar-refractivity contribution in [3.05, 3.63) is 102 Å². The summed E-state index contributed by atoms with van der Waals surface area (Å²) in [5.41, 5.74) is 5.96. The minimum Gasteiger partial charge on any atom is -0.256 e. The Balaban J connectivity index is 1.67. The summed E-state index contributed by atoms with van der Waals surface area (Å²) in [6.07, 6.45) is 1.86. The highest BCUT2D eigenvalue weighted by Crippen LogP contribution is 2.34. The fraction of sp³-hybridized carbons (Fsp3) is 0. The van der Waals surface area contributed by atoms with Crippen LogP contribution >= 0.6 is 15.9 Å². The van der Waals surface area contributed by atoms with Crippen LogP contribution in [0.1, 0.15) is 0 Å². The second-order valence-corrected chi connectivity index (χ2v) is 7.54. The van der Waals surface area contributed by atoms with Crippen LogP contribution in [0.3, 0.4) is 0 Å². The topological polar surface area (TPSA) is 12.9 Å². The third-order valence-electron chi connectivity index (χ3n) is 4.98. The summed E-state index contributed by atoms with van der Waals surface area (Å²) in [7, 11) is 0. The van der Waals surface area contributed by atoms with E-state index in [-0.39, 0.29) is 0 Å². The maximum atomic E-state index is 4.60. The van der Waals surface area contributed by atoms with Gasteiger partial charge in [-0.3, -0.25) is 4.98 Å². The zero-order chi connectivity index (χ0) is 18.2. The highest BCUT2D eigenvalue weighted by Gasteiger charge is 2.09. The molecule has 0 aliphatic carbocycles. The average Bonchev–Trinajstić information content (AvgIpc) is 2.74. The van der Waals surface area contributed by atoms with Gasteiger partial charge in [-0.25, -0.2) is 0 Å². The largest absolute Gasteiger partial charge is 0.256 e. The molecule has 128 valence electrons. The van der Waals surface area contributed by atoms with Crippen LogP contribution in [0.15, 0.2) is 102 Å². The van der Waals surface area contributed by atoms with Crippen molar-refractivity contribution in [1.29, 1.82) is 0 Å². The number of nitrogens with zero attached hydrogens (tertiary/aromatic N) is 1. The zero-order valence-corrected chi connectivity index (χ0v) is 16.1. The van der Waals surface area contributed by atoms with Crippen molar-refractivity contribution in [2.45, 2.75) is 0 Å². The molecule has 0 spiro atoms. The predicted octanol–water partition coefficient (Wildman–Crippen LogP) is 7.48. The van der Waals surface area contributed by atoms with Crippen molar-refractivity contribution in [1.82, 2.24) is 4.98 Å². The van der Waals surface area contributed by atoms with E-state index in [1.54, 1.807) is 0 Å². The third-order valence-corrected chi connectivity index (χ3v) is 5.51. The summed E-state index contributed by atoms with van der Waals surface area (Å²) < 4.78 is 1.10. The standard InChI is InChI=1S/C25H16BrN/c26-21-13-11-18(12-14-21)17-7-9-19(10-8-17)24-16-20-4-3-15-27-25(20)23-6-2-1-5-22(23)24/h1-16H. The van der Waals surface area contributed by atoms with E-state index in [2.05, 4.69) is 106 Å². The molecule has 2 heteroatoms. The first kappa shape index (κ1) is 16.2. The maximum absolute atomic E-state index is 4.60. The van der Waals surface area contributed by atoms with E-state index in [1.807, 2.05) is 12.3 Å². The smallest absolute Gasteiger partial charge is 0.0780 e. The fourth-order valence-corrected chi connectivity index (χ4v) is 3.90. The molecule has 5 aromatic rings. The molecule has 27 heavy (non-hydrogen) atoms. The van der Waals surface area contributed by atoms with Crippen molar-refractivity contribution in [3.63, 3.8) is 0 Å². The molecule has 0 bridgehead atoms. The van der Waals surface area contributed by atoms with Crippen LogP contribution in [0.2, 0.25) is 0 Å². The zero-order valence-electron chi connectivity index (χ0n) is 14.6. The van der Waals surface area contributed by atoms with Crippen molar-refractivity contribution < 1.29 is 0 Å². The molecule has 0 fully saturated rings. The van der Waals surface area contributed by atoms with Crippen LogP contribution in [-0.4, -0.2) is 4.98 Å². The number of benzene rings is 4. The van der Waals surface area contributed by atoms with Crippen LogP contribution in [-0.2, 0) is 0 Å². The first-order valence-electron chi connectivity index (χ1n) is 8.92. The number of fused-ring (bicyclic) bond motifs is 3. The van der Waals surface area contributed by atoms with Crippen molar-refractivity contribution >= 4 is 37.6 Å². The van der Waals surface area contributed by atoms with Crippen LogP contribution in [0.4, 0.5) is 0 Å². The summed E-state index contributed by atoms with van der Waals surface area (Å²) in [6.45, 7) is 0. The molecule has 1 heterocycles. The highest BCUT2D eigenvalue weighted by molar-refractivity contribution is 9.10. The summed E-state index contributed by atoms with van der Waals surface area (Å²) in [5, 5.41) is 3.60.